The Balaban J connectivity index is 3.09. The summed E-state index contributed by atoms with van der Waals surface area (Å²) in [5, 5.41) is 0. The molecule has 1 aromatic rings. The minimum atomic E-state index is 0.622. The maximum absolute atomic E-state index is 5.73. The summed E-state index contributed by atoms with van der Waals surface area (Å²) in [5.74, 6) is 0.648. The van der Waals surface area contributed by atoms with Gasteiger partial charge in [0.1, 0.15) is 0 Å². The highest BCUT2D eigenvalue weighted by Gasteiger charge is 2.04. The molecule has 0 amide bonds. The van der Waals surface area contributed by atoms with Gasteiger partial charge in [0.15, 0.2) is 0 Å². The van der Waals surface area contributed by atoms with Crippen LogP contribution in [0.3, 0.4) is 0 Å². The summed E-state index contributed by atoms with van der Waals surface area (Å²) < 4.78 is 5.31. The highest BCUT2D eigenvalue weighted by Crippen LogP contribution is 2.21. The Labute approximate surface area is 72.6 Å². The van der Waals surface area contributed by atoms with Crippen molar-refractivity contribution in [1.29, 1.82) is 0 Å². The maximum atomic E-state index is 5.73. The average Bonchev–Trinajstić information content (AvgIpc) is 2.00. The van der Waals surface area contributed by atoms with E-state index in [0.717, 1.165) is 16.9 Å². The van der Waals surface area contributed by atoms with Crippen LogP contribution in [0.15, 0.2) is 6.07 Å². The number of rotatable bonds is 2. The first-order valence-electron chi connectivity index (χ1n) is 4.01. The summed E-state index contributed by atoms with van der Waals surface area (Å²) >= 11 is 0. The normalized spacial score (nSPS) is 9.92. The number of anilines is 1. The van der Waals surface area contributed by atoms with Gasteiger partial charge in [0.2, 0.25) is 5.88 Å². The zero-order chi connectivity index (χ0) is 9.14. The van der Waals surface area contributed by atoms with Crippen LogP contribution in [0.25, 0.3) is 0 Å². The van der Waals surface area contributed by atoms with Crippen molar-refractivity contribution in [2.75, 3.05) is 12.3 Å². The van der Waals surface area contributed by atoms with E-state index in [2.05, 4.69) is 4.98 Å². The van der Waals surface area contributed by atoms with E-state index < -0.39 is 0 Å². The van der Waals surface area contributed by atoms with E-state index in [0.29, 0.717) is 12.5 Å². The van der Waals surface area contributed by atoms with E-state index in [1.165, 1.54) is 0 Å². The second-order valence-corrected chi connectivity index (χ2v) is 2.72. The van der Waals surface area contributed by atoms with E-state index in [1.54, 1.807) is 0 Å². The number of pyridine rings is 1. The number of hydrogen-bond donors (Lipinski definition) is 1. The molecule has 3 nitrogen and oxygen atoms in total. The summed E-state index contributed by atoms with van der Waals surface area (Å²) in [5.41, 5.74) is 8.28. The van der Waals surface area contributed by atoms with Crippen molar-refractivity contribution < 1.29 is 4.74 Å². The molecule has 12 heavy (non-hydrogen) atoms. The number of ether oxygens (including phenoxy) is 1. The zero-order valence-corrected chi connectivity index (χ0v) is 7.72. The predicted molar refractivity (Wildman–Crippen MR) is 49.3 cm³/mol. The fourth-order valence-corrected chi connectivity index (χ4v) is 1.01. The Morgan fingerprint density at radius 1 is 1.50 bits per heavy atom. The molecule has 1 rings (SSSR count). The molecule has 0 aliphatic rings. The van der Waals surface area contributed by atoms with Crippen molar-refractivity contribution in [3.05, 3.63) is 17.3 Å². The lowest BCUT2D eigenvalue weighted by atomic mass is 10.2. The van der Waals surface area contributed by atoms with Crippen LogP contribution in [0, 0.1) is 13.8 Å². The van der Waals surface area contributed by atoms with Crippen molar-refractivity contribution in [3.63, 3.8) is 0 Å². The number of nitrogens with zero attached hydrogens (tertiary/aromatic N) is 1. The van der Waals surface area contributed by atoms with E-state index in [1.807, 2.05) is 26.8 Å². The molecule has 0 aromatic carbocycles. The molecule has 0 bridgehead atoms. The topological polar surface area (TPSA) is 48.1 Å². The number of hydrogen-bond acceptors (Lipinski definition) is 3. The van der Waals surface area contributed by atoms with Crippen LogP contribution in [0.4, 0.5) is 5.69 Å². The molecule has 66 valence electrons. The van der Waals surface area contributed by atoms with Crippen LogP contribution in [0.5, 0.6) is 5.88 Å². The van der Waals surface area contributed by atoms with Crippen molar-refractivity contribution in [2.24, 2.45) is 0 Å². The summed E-state index contributed by atoms with van der Waals surface area (Å²) in [6.07, 6.45) is 0. The van der Waals surface area contributed by atoms with E-state index >= 15 is 0 Å². The fourth-order valence-electron chi connectivity index (χ4n) is 1.01. The van der Waals surface area contributed by atoms with Crippen LogP contribution in [-0.4, -0.2) is 11.6 Å². The van der Waals surface area contributed by atoms with E-state index in [-0.39, 0.29) is 0 Å². The summed E-state index contributed by atoms with van der Waals surface area (Å²) in [7, 11) is 0. The molecule has 0 saturated heterocycles. The number of nitrogen functional groups attached to an aromatic ring is 1. The van der Waals surface area contributed by atoms with Gasteiger partial charge in [0.05, 0.1) is 6.61 Å². The lowest BCUT2D eigenvalue weighted by Gasteiger charge is -2.08. The number of nitrogens with two attached hydrogens (primary N) is 1. The molecule has 0 unspecified atom stereocenters. The molecular weight excluding hydrogens is 152 g/mol. The highest BCUT2D eigenvalue weighted by molar-refractivity contribution is 5.51. The van der Waals surface area contributed by atoms with E-state index in [4.69, 9.17) is 10.5 Å². The molecule has 1 aromatic heterocycles. The standard InChI is InChI=1S/C9H14N2O/c1-4-12-9-7(3)8(10)5-6(2)11-9/h5H,4H2,1-3H3,(H2,10,11). The molecular formula is C9H14N2O. The molecule has 0 spiro atoms. The quantitative estimate of drug-likeness (QED) is 0.727. The third-order valence-electron chi connectivity index (χ3n) is 1.68. The molecule has 0 aliphatic heterocycles. The third kappa shape index (κ3) is 1.67. The van der Waals surface area contributed by atoms with Crippen molar-refractivity contribution in [3.8, 4) is 5.88 Å². The molecule has 3 heteroatoms. The highest BCUT2D eigenvalue weighted by atomic mass is 16.5. The van der Waals surface area contributed by atoms with Gasteiger partial charge in [-0.1, -0.05) is 0 Å². The Morgan fingerprint density at radius 3 is 2.75 bits per heavy atom. The van der Waals surface area contributed by atoms with Gasteiger partial charge < -0.3 is 10.5 Å². The number of aryl methyl sites for hydroxylation is 1. The number of aromatic nitrogens is 1. The van der Waals surface area contributed by atoms with Crippen molar-refractivity contribution in [2.45, 2.75) is 20.8 Å². The molecule has 0 saturated carbocycles. The largest absolute Gasteiger partial charge is 0.478 e. The van der Waals surface area contributed by atoms with Gasteiger partial charge >= 0.3 is 0 Å². The van der Waals surface area contributed by atoms with Gasteiger partial charge in [-0.15, -0.1) is 0 Å². The second kappa shape index (κ2) is 3.43. The maximum Gasteiger partial charge on any atom is 0.218 e. The lowest BCUT2D eigenvalue weighted by Crippen LogP contribution is -2.01. The Kier molecular flexibility index (Phi) is 2.53. The van der Waals surface area contributed by atoms with Gasteiger partial charge in [-0.2, -0.15) is 0 Å². The van der Waals surface area contributed by atoms with Crippen LogP contribution >= 0.6 is 0 Å². The van der Waals surface area contributed by atoms with Crippen molar-refractivity contribution >= 4 is 5.69 Å². The summed E-state index contributed by atoms with van der Waals surface area (Å²) in [6.45, 7) is 6.36. The first-order valence-corrected chi connectivity index (χ1v) is 4.01. The summed E-state index contributed by atoms with van der Waals surface area (Å²) in [4.78, 5) is 4.22. The molecule has 2 N–H and O–H groups in total. The van der Waals surface area contributed by atoms with Crippen molar-refractivity contribution in [1.82, 2.24) is 4.98 Å². The Morgan fingerprint density at radius 2 is 2.17 bits per heavy atom. The summed E-state index contributed by atoms with van der Waals surface area (Å²) in [6, 6.07) is 1.85. The molecule has 0 radical (unpaired) electrons. The van der Waals surface area contributed by atoms with Crippen LogP contribution < -0.4 is 10.5 Å². The van der Waals surface area contributed by atoms with Gasteiger partial charge in [0, 0.05) is 16.9 Å². The van der Waals surface area contributed by atoms with Crippen LogP contribution in [0.2, 0.25) is 0 Å². The van der Waals surface area contributed by atoms with Gasteiger partial charge in [-0.05, 0) is 26.8 Å². The first-order chi connectivity index (χ1) is 5.65. The molecule has 0 atom stereocenters. The fraction of sp³-hybridized carbons (Fsp3) is 0.444. The Hall–Kier alpha value is -1.25. The Bertz CT molecular complexity index is 284. The monoisotopic (exact) mass is 166 g/mol. The third-order valence-corrected chi connectivity index (χ3v) is 1.68. The lowest BCUT2D eigenvalue weighted by molar-refractivity contribution is 0.324. The van der Waals surface area contributed by atoms with Crippen LogP contribution in [0.1, 0.15) is 18.2 Å². The smallest absolute Gasteiger partial charge is 0.218 e. The minimum absolute atomic E-state index is 0.622. The minimum Gasteiger partial charge on any atom is -0.478 e. The SMILES string of the molecule is CCOc1nc(C)cc(N)c1C. The molecule has 0 aliphatic carbocycles. The average molecular weight is 166 g/mol. The zero-order valence-electron chi connectivity index (χ0n) is 7.72. The van der Waals surface area contributed by atoms with E-state index in [9.17, 15) is 0 Å². The first kappa shape index (κ1) is 8.84. The van der Waals surface area contributed by atoms with Crippen LogP contribution in [-0.2, 0) is 0 Å². The van der Waals surface area contributed by atoms with Gasteiger partial charge in [-0.3, -0.25) is 0 Å². The van der Waals surface area contributed by atoms with Gasteiger partial charge in [0.25, 0.3) is 0 Å². The predicted octanol–water partition coefficient (Wildman–Crippen LogP) is 1.68. The second-order valence-electron chi connectivity index (χ2n) is 2.72. The molecule has 1 heterocycles. The van der Waals surface area contributed by atoms with Gasteiger partial charge in [-0.25, -0.2) is 4.98 Å². The molecule has 0 fully saturated rings.